The van der Waals surface area contributed by atoms with Gasteiger partial charge in [0.15, 0.2) is 22.6 Å². The summed E-state index contributed by atoms with van der Waals surface area (Å²) in [7, 11) is 1.82. The fourth-order valence-electron chi connectivity index (χ4n) is 1.80. The van der Waals surface area contributed by atoms with Crippen LogP contribution in [0.4, 0.5) is 5.82 Å². The van der Waals surface area contributed by atoms with Crippen LogP contribution in [0.15, 0.2) is 38.6 Å². The lowest BCUT2D eigenvalue weighted by Crippen LogP contribution is -2.14. The normalized spacial score (nSPS) is 10.8. The van der Waals surface area contributed by atoms with Crippen molar-refractivity contribution in [2.75, 3.05) is 11.1 Å². The molecule has 0 spiro atoms. The molecule has 9 heteroatoms. The molecule has 0 aliphatic heterocycles. The fourth-order valence-corrected chi connectivity index (χ4v) is 2.51. The van der Waals surface area contributed by atoms with Crippen molar-refractivity contribution in [2.24, 2.45) is 7.05 Å². The Kier molecular flexibility index (Phi) is 3.96. The molecule has 22 heavy (non-hydrogen) atoms. The summed E-state index contributed by atoms with van der Waals surface area (Å²) in [5, 5.41) is 15.1. The van der Waals surface area contributed by atoms with E-state index in [1.165, 1.54) is 11.8 Å². The van der Waals surface area contributed by atoms with Crippen molar-refractivity contribution in [3.8, 4) is 11.6 Å². The lowest BCUT2D eigenvalue weighted by atomic mass is 10.4. The van der Waals surface area contributed by atoms with Crippen LogP contribution in [0.25, 0.3) is 11.6 Å². The summed E-state index contributed by atoms with van der Waals surface area (Å²) in [4.78, 5) is 11.9. The van der Waals surface area contributed by atoms with Crippen LogP contribution in [0.1, 0.15) is 5.76 Å². The summed E-state index contributed by atoms with van der Waals surface area (Å²) in [6.07, 6.45) is 1.57. The standard InChI is InChI=1S/C13H13N5O3S/c1-8-6-10(17-21-8)14-11(19)7-22-13-16-15-12(18(13)2)9-4-3-5-20-9/h3-6H,7H2,1-2H3,(H,14,17,19). The second-order valence-corrected chi connectivity index (χ2v) is 5.44. The molecule has 0 aromatic carbocycles. The van der Waals surface area contributed by atoms with Crippen LogP contribution in [0.3, 0.4) is 0 Å². The Morgan fingerprint density at radius 1 is 1.45 bits per heavy atom. The SMILES string of the molecule is Cc1cc(NC(=O)CSc2nnc(-c3ccco3)n2C)no1. The number of carbonyl (C=O) groups excluding carboxylic acids is 1. The summed E-state index contributed by atoms with van der Waals surface area (Å²) in [6, 6.07) is 5.24. The molecule has 3 rings (SSSR count). The lowest BCUT2D eigenvalue weighted by molar-refractivity contribution is -0.113. The van der Waals surface area contributed by atoms with E-state index in [0.717, 1.165) is 0 Å². The molecular weight excluding hydrogens is 306 g/mol. The van der Waals surface area contributed by atoms with Crippen LogP contribution in [0.2, 0.25) is 0 Å². The number of thioether (sulfide) groups is 1. The third-order valence-corrected chi connectivity index (χ3v) is 3.82. The molecule has 0 atom stereocenters. The van der Waals surface area contributed by atoms with E-state index in [9.17, 15) is 4.79 Å². The quantitative estimate of drug-likeness (QED) is 0.719. The molecule has 0 unspecified atom stereocenters. The van der Waals surface area contributed by atoms with Gasteiger partial charge in [0.2, 0.25) is 5.91 Å². The van der Waals surface area contributed by atoms with Gasteiger partial charge in [-0.3, -0.25) is 4.79 Å². The molecule has 0 aliphatic carbocycles. The number of nitrogens with zero attached hydrogens (tertiary/aromatic N) is 4. The minimum atomic E-state index is -0.194. The Labute approximate surface area is 129 Å². The number of hydrogen-bond donors (Lipinski definition) is 1. The van der Waals surface area contributed by atoms with Crippen molar-refractivity contribution >= 4 is 23.5 Å². The molecule has 1 amide bonds. The Hall–Kier alpha value is -2.55. The maximum absolute atomic E-state index is 11.9. The van der Waals surface area contributed by atoms with Crippen LogP contribution in [-0.2, 0) is 11.8 Å². The molecule has 3 heterocycles. The molecule has 1 N–H and O–H groups in total. The van der Waals surface area contributed by atoms with Gasteiger partial charge in [0, 0.05) is 13.1 Å². The first-order chi connectivity index (χ1) is 10.6. The maximum Gasteiger partial charge on any atom is 0.236 e. The highest BCUT2D eigenvalue weighted by molar-refractivity contribution is 7.99. The van der Waals surface area contributed by atoms with Gasteiger partial charge in [0.1, 0.15) is 5.76 Å². The van der Waals surface area contributed by atoms with E-state index >= 15 is 0 Å². The van der Waals surface area contributed by atoms with Crippen LogP contribution in [-0.4, -0.2) is 31.6 Å². The van der Waals surface area contributed by atoms with E-state index in [4.69, 9.17) is 8.94 Å². The average molecular weight is 319 g/mol. The largest absolute Gasteiger partial charge is 0.461 e. The van der Waals surface area contributed by atoms with E-state index in [-0.39, 0.29) is 11.7 Å². The molecule has 0 radical (unpaired) electrons. The van der Waals surface area contributed by atoms with E-state index in [0.29, 0.717) is 28.3 Å². The third-order valence-electron chi connectivity index (χ3n) is 2.80. The van der Waals surface area contributed by atoms with Gasteiger partial charge in [0.25, 0.3) is 0 Å². The second kappa shape index (κ2) is 6.06. The van der Waals surface area contributed by atoms with E-state index < -0.39 is 0 Å². The first-order valence-corrected chi connectivity index (χ1v) is 7.41. The van der Waals surface area contributed by atoms with Crippen molar-refractivity contribution in [3.63, 3.8) is 0 Å². The molecule has 114 valence electrons. The lowest BCUT2D eigenvalue weighted by Gasteiger charge is -2.02. The van der Waals surface area contributed by atoms with Gasteiger partial charge in [-0.1, -0.05) is 16.9 Å². The summed E-state index contributed by atoms with van der Waals surface area (Å²) in [5.41, 5.74) is 0. The highest BCUT2D eigenvalue weighted by Crippen LogP contribution is 2.22. The van der Waals surface area contributed by atoms with E-state index in [2.05, 4.69) is 20.7 Å². The van der Waals surface area contributed by atoms with E-state index in [1.54, 1.807) is 36.0 Å². The molecule has 8 nitrogen and oxygen atoms in total. The average Bonchev–Trinajstić information content (AvgIpc) is 3.19. The molecule has 0 saturated carbocycles. The van der Waals surface area contributed by atoms with E-state index in [1.807, 2.05) is 7.05 Å². The minimum Gasteiger partial charge on any atom is -0.461 e. The number of aromatic nitrogens is 4. The smallest absolute Gasteiger partial charge is 0.236 e. The van der Waals surface area contributed by atoms with Crippen molar-refractivity contribution in [3.05, 3.63) is 30.2 Å². The third kappa shape index (κ3) is 3.03. The summed E-state index contributed by atoms with van der Waals surface area (Å²) < 4.78 is 11.9. The summed E-state index contributed by atoms with van der Waals surface area (Å²) in [6.45, 7) is 1.76. The van der Waals surface area contributed by atoms with Crippen LogP contribution >= 0.6 is 11.8 Å². The van der Waals surface area contributed by atoms with Crippen molar-refractivity contribution in [1.29, 1.82) is 0 Å². The van der Waals surface area contributed by atoms with Crippen LogP contribution in [0.5, 0.6) is 0 Å². The van der Waals surface area contributed by atoms with Gasteiger partial charge < -0.3 is 18.8 Å². The summed E-state index contributed by atoms with van der Waals surface area (Å²) >= 11 is 1.28. The Balaban J connectivity index is 1.61. The van der Waals surface area contributed by atoms with Gasteiger partial charge in [-0.25, -0.2) is 0 Å². The Morgan fingerprint density at radius 3 is 3.00 bits per heavy atom. The van der Waals surface area contributed by atoms with Crippen LogP contribution in [0, 0.1) is 6.92 Å². The first-order valence-electron chi connectivity index (χ1n) is 6.42. The number of carbonyl (C=O) groups is 1. The zero-order valence-corrected chi connectivity index (χ0v) is 12.8. The fraction of sp³-hybridized carbons (Fsp3) is 0.231. The molecule has 3 aromatic heterocycles. The maximum atomic E-state index is 11.9. The number of nitrogens with one attached hydrogen (secondary N) is 1. The predicted octanol–water partition coefficient (Wildman–Crippen LogP) is 2.10. The van der Waals surface area contributed by atoms with Crippen LogP contribution < -0.4 is 5.32 Å². The topological polar surface area (TPSA) is 99.0 Å². The van der Waals surface area contributed by atoms with Gasteiger partial charge in [-0.15, -0.1) is 10.2 Å². The highest BCUT2D eigenvalue weighted by atomic mass is 32.2. The molecule has 0 aliphatic rings. The number of rotatable bonds is 5. The monoisotopic (exact) mass is 319 g/mol. The van der Waals surface area contributed by atoms with Gasteiger partial charge in [-0.2, -0.15) is 0 Å². The minimum absolute atomic E-state index is 0.191. The molecular formula is C13H13N5O3S. The number of anilines is 1. The second-order valence-electron chi connectivity index (χ2n) is 4.50. The van der Waals surface area contributed by atoms with Crippen molar-refractivity contribution < 1.29 is 13.7 Å². The summed E-state index contributed by atoms with van der Waals surface area (Å²) in [5.74, 6) is 2.28. The van der Waals surface area contributed by atoms with Gasteiger partial charge >= 0.3 is 0 Å². The Bertz CT molecular complexity index is 778. The van der Waals surface area contributed by atoms with Crippen molar-refractivity contribution in [2.45, 2.75) is 12.1 Å². The number of aryl methyl sites for hydroxylation is 1. The number of amides is 1. The molecule has 0 saturated heterocycles. The van der Waals surface area contributed by atoms with Crippen molar-refractivity contribution in [1.82, 2.24) is 19.9 Å². The predicted molar refractivity (Wildman–Crippen MR) is 79.3 cm³/mol. The Morgan fingerprint density at radius 2 is 2.32 bits per heavy atom. The highest BCUT2D eigenvalue weighted by Gasteiger charge is 2.15. The van der Waals surface area contributed by atoms with Gasteiger partial charge in [-0.05, 0) is 19.1 Å². The molecule has 0 bridgehead atoms. The number of furan rings is 1. The van der Waals surface area contributed by atoms with Gasteiger partial charge in [0.05, 0.1) is 12.0 Å². The zero-order valence-electron chi connectivity index (χ0n) is 11.9. The first kappa shape index (κ1) is 14.4. The molecule has 0 fully saturated rings. The molecule has 3 aromatic rings. The zero-order chi connectivity index (χ0) is 15.5. The number of hydrogen-bond acceptors (Lipinski definition) is 7.